The van der Waals surface area contributed by atoms with Gasteiger partial charge < -0.3 is 11.1 Å². The molecule has 2 aromatic carbocycles. The van der Waals surface area contributed by atoms with Crippen LogP contribution in [-0.4, -0.2) is 5.91 Å². The maximum atomic E-state index is 12.1. The number of anilines is 1. The highest BCUT2D eigenvalue weighted by Gasteiger charge is 2.13. The van der Waals surface area contributed by atoms with Gasteiger partial charge in [0.15, 0.2) is 0 Å². The zero-order valence-corrected chi connectivity index (χ0v) is 11.1. The maximum Gasteiger partial charge on any atom is 0.253 e. The Balaban J connectivity index is 2.11. The third-order valence-corrected chi connectivity index (χ3v) is 3.09. The lowest BCUT2D eigenvalue weighted by molar-refractivity contribution is 0.0941. The number of amides is 1. The second-order valence-corrected chi connectivity index (χ2v) is 4.52. The van der Waals surface area contributed by atoms with Crippen LogP contribution in [0.25, 0.3) is 0 Å². The molecule has 1 amide bonds. The number of nitrogens with one attached hydrogen (secondary N) is 1. The van der Waals surface area contributed by atoms with Crippen LogP contribution < -0.4 is 11.1 Å². The molecular weight excluding hydrogens is 250 g/mol. The van der Waals surface area contributed by atoms with Crippen LogP contribution in [0.2, 0.25) is 0 Å². The highest BCUT2D eigenvalue weighted by Crippen LogP contribution is 2.16. The third kappa shape index (κ3) is 2.96. The fourth-order valence-corrected chi connectivity index (χ4v) is 1.91. The first-order chi connectivity index (χ1) is 9.61. The van der Waals surface area contributed by atoms with E-state index in [-0.39, 0.29) is 11.9 Å². The van der Waals surface area contributed by atoms with Gasteiger partial charge in [-0.05, 0) is 36.8 Å². The molecule has 0 heterocycles. The largest absolute Gasteiger partial charge is 0.398 e. The molecule has 0 aliphatic rings. The summed E-state index contributed by atoms with van der Waals surface area (Å²) < 4.78 is 0. The number of carbonyl (C=O) groups is 1. The summed E-state index contributed by atoms with van der Waals surface area (Å²) in [5.74, 6) is -0.208. The molecule has 0 aromatic heterocycles. The SMILES string of the molecule is CC(NC(=O)c1ccccc1N)c1ccc(C#N)cc1. The van der Waals surface area contributed by atoms with Gasteiger partial charge in [0, 0.05) is 5.69 Å². The average Bonchev–Trinajstić information content (AvgIpc) is 2.47. The number of para-hydroxylation sites is 1. The second-order valence-electron chi connectivity index (χ2n) is 4.52. The molecule has 4 nitrogen and oxygen atoms in total. The van der Waals surface area contributed by atoms with Crippen LogP contribution in [0.1, 0.15) is 34.5 Å². The number of hydrogen-bond acceptors (Lipinski definition) is 3. The Labute approximate surface area is 117 Å². The first-order valence-electron chi connectivity index (χ1n) is 6.27. The molecule has 2 rings (SSSR count). The number of nitrogens with zero attached hydrogens (tertiary/aromatic N) is 1. The van der Waals surface area contributed by atoms with E-state index in [2.05, 4.69) is 11.4 Å². The van der Waals surface area contributed by atoms with E-state index in [4.69, 9.17) is 11.0 Å². The summed E-state index contributed by atoms with van der Waals surface area (Å²) in [6, 6.07) is 16.0. The molecule has 0 aliphatic carbocycles. The van der Waals surface area contributed by atoms with Crippen molar-refractivity contribution in [1.29, 1.82) is 5.26 Å². The molecular formula is C16H15N3O. The van der Waals surface area contributed by atoms with Crippen LogP contribution in [0.5, 0.6) is 0 Å². The van der Waals surface area contributed by atoms with Gasteiger partial charge in [-0.25, -0.2) is 0 Å². The van der Waals surface area contributed by atoms with Crippen LogP contribution >= 0.6 is 0 Å². The van der Waals surface area contributed by atoms with Gasteiger partial charge in [-0.1, -0.05) is 24.3 Å². The van der Waals surface area contributed by atoms with Crippen molar-refractivity contribution in [2.24, 2.45) is 0 Å². The Morgan fingerprint density at radius 3 is 2.45 bits per heavy atom. The fourth-order valence-electron chi connectivity index (χ4n) is 1.91. The van der Waals surface area contributed by atoms with Gasteiger partial charge in [-0.3, -0.25) is 4.79 Å². The molecule has 3 N–H and O–H groups in total. The van der Waals surface area contributed by atoms with Crippen molar-refractivity contribution in [3.8, 4) is 6.07 Å². The Hall–Kier alpha value is -2.80. The van der Waals surface area contributed by atoms with E-state index in [1.165, 1.54) is 0 Å². The van der Waals surface area contributed by atoms with Crippen molar-refractivity contribution in [1.82, 2.24) is 5.32 Å². The van der Waals surface area contributed by atoms with E-state index >= 15 is 0 Å². The summed E-state index contributed by atoms with van der Waals surface area (Å²) in [5, 5.41) is 11.6. The van der Waals surface area contributed by atoms with Gasteiger partial charge in [0.25, 0.3) is 5.91 Å². The van der Waals surface area contributed by atoms with Gasteiger partial charge in [-0.2, -0.15) is 5.26 Å². The molecule has 0 saturated heterocycles. The summed E-state index contributed by atoms with van der Waals surface area (Å²) in [6.45, 7) is 1.89. The molecule has 0 aliphatic heterocycles. The Morgan fingerprint density at radius 2 is 1.85 bits per heavy atom. The van der Waals surface area contributed by atoms with Gasteiger partial charge in [-0.15, -0.1) is 0 Å². The highest BCUT2D eigenvalue weighted by molar-refractivity contribution is 5.99. The zero-order valence-electron chi connectivity index (χ0n) is 11.1. The number of nitrogens with two attached hydrogens (primary N) is 1. The Kier molecular flexibility index (Phi) is 4.02. The van der Waals surface area contributed by atoms with Gasteiger partial charge in [0.2, 0.25) is 0 Å². The smallest absolute Gasteiger partial charge is 0.253 e. The summed E-state index contributed by atoms with van der Waals surface area (Å²) in [5.41, 5.74) is 8.23. The van der Waals surface area contributed by atoms with E-state index in [9.17, 15) is 4.79 Å². The summed E-state index contributed by atoms with van der Waals surface area (Å²) in [7, 11) is 0. The van der Waals surface area contributed by atoms with Crippen LogP contribution in [0.3, 0.4) is 0 Å². The number of rotatable bonds is 3. The molecule has 2 aromatic rings. The predicted molar refractivity (Wildman–Crippen MR) is 77.9 cm³/mol. The summed E-state index contributed by atoms with van der Waals surface area (Å²) in [6.07, 6.45) is 0. The van der Waals surface area contributed by atoms with Gasteiger partial charge >= 0.3 is 0 Å². The Morgan fingerprint density at radius 1 is 1.20 bits per heavy atom. The second kappa shape index (κ2) is 5.89. The van der Waals surface area contributed by atoms with Crippen molar-refractivity contribution in [2.45, 2.75) is 13.0 Å². The van der Waals surface area contributed by atoms with E-state index in [0.717, 1.165) is 5.56 Å². The minimum atomic E-state index is -0.208. The number of carbonyl (C=O) groups excluding carboxylic acids is 1. The molecule has 20 heavy (non-hydrogen) atoms. The van der Waals surface area contributed by atoms with E-state index in [1.54, 1.807) is 36.4 Å². The normalized spacial score (nSPS) is 11.4. The monoisotopic (exact) mass is 265 g/mol. The lowest BCUT2D eigenvalue weighted by atomic mass is 10.1. The van der Waals surface area contributed by atoms with Crippen LogP contribution in [0, 0.1) is 11.3 Å². The van der Waals surface area contributed by atoms with E-state index in [1.807, 2.05) is 19.1 Å². The summed E-state index contributed by atoms with van der Waals surface area (Å²) in [4.78, 5) is 12.1. The van der Waals surface area contributed by atoms with Crippen LogP contribution in [-0.2, 0) is 0 Å². The number of benzene rings is 2. The fraction of sp³-hybridized carbons (Fsp3) is 0.125. The number of hydrogen-bond donors (Lipinski definition) is 2. The van der Waals surface area contributed by atoms with Crippen molar-refractivity contribution in [3.63, 3.8) is 0 Å². The standard InChI is InChI=1S/C16H15N3O/c1-11(13-8-6-12(10-17)7-9-13)19-16(20)14-4-2-3-5-15(14)18/h2-9,11H,18H2,1H3,(H,19,20). The van der Waals surface area contributed by atoms with Gasteiger partial charge in [0.1, 0.15) is 0 Å². The molecule has 1 atom stereocenters. The average molecular weight is 265 g/mol. The number of nitriles is 1. The minimum absolute atomic E-state index is 0.158. The molecule has 0 fully saturated rings. The molecule has 0 bridgehead atoms. The van der Waals surface area contributed by atoms with Crippen LogP contribution in [0.15, 0.2) is 48.5 Å². The van der Waals surface area contributed by atoms with Crippen molar-refractivity contribution in [3.05, 3.63) is 65.2 Å². The van der Waals surface area contributed by atoms with Crippen molar-refractivity contribution < 1.29 is 4.79 Å². The topological polar surface area (TPSA) is 78.9 Å². The first kappa shape index (κ1) is 13.6. The first-order valence-corrected chi connectivity index (χ1v) is 6.27. The maximum absolute atomic E-state index is 12.1. The molecule has 4 heteroatoms. The molecule has 0 saturated carbocycles. The van der Waals surface area contributed by atoms with Crippen molar-refractivity contribution >= 4 is 11.6 Å². The van der Waals surface area contributed by atoms with E-state index in [0.29, 0.717) is 16.8 Å². The zero-order chi connectivity index (χ0) is 14.5. The lowest BCUT2D eigenvalue weighted by Gasteiger charge is -2.15. The van der Waals surface area contributed by atoms with Crippen molar-refractivity contribution in [2.75, 3.05) is 5.73 Å². The predicted octanol–water partition coefficient (Wildman–Crippen LogP) is 2.63. The van der Waals surface area contributed by atoms with E-state index < -0.39 is 0 Å². The quantitative estimate of drug-likeness (QED) is 0.837. The third-order valence-electron chi connectivity index (χ3n) is 3.09. The highest BCUT2D eigenvalue weighted by atomic mass is 16.1. The number of nitrogen functional groups attached to an aromatic ring is 1. The van der Waals surface area contributed by atoms with Gasteiger partial charge in [0.05, 0.1) is 23.2 Å². The van der Waals surface area contributed by atoms with Crippen LogP contribution in [0.4, 0.5) is 5.69 Å². The lowest BCUT2D eigenvalue weighted by Crippen LogP contribution is -2.27. The summed E-state index contributed by atoms with van der Waals surface area (Å²) >= 11 is 0. The Bertz CT molecular complexity index is 656. The molecule has 0 spiro atoms. The molecule has 1 unspecified atom stereocenters. The molecule has 0 radical (unpaired) electrons. The minimum Gasteiger partial charge on any atom is -0.398 e. The molecule has 100 valence electrons.